The van der Waals surface area contributed by atoms with Crippen LogP contribution in [0.2, 0.25) is 0 Å². The Balaban J connectivity index is 0.000000304. The van der Waals surface area contributed by atoms with E-state index in [9.17, 15) is 9.59 Å². The third kappa shape index (κ3) is 6.20. The highest BCUT2D eigenvalue weighted by molar-refractivity contribution is 5.74. The molecule has 0 saturated carbocycles. The zero-order valence-electron chi connectivity index (χ0n) is 9.96. The summed E-state index contributed by atoms with van der Waals surface area (Å²) in [7, 11) is 0. The Morgan fingerprint density at radius 1 is 1.35 bits per heavy atom. The van der Waals surface area contributed by atoms with Crippen molar-refractivity contribution in [1.82, 2.24) is 5.32 Å². The number of β-amino-alcohol motifs (C(OH)–C–C–N with tert-alkyl or cyclic N) is 1. The van der Waals surface area contributed by atoms with Crippen LogP contribution in [0.3, 0.4) is 0 Å². The lowest BCUT2D eigenvalue weighted by molar-refractivity contribution is -0.140. The van der Waals surface area contributed by atoms with E-state index in [2.05, 4.69) is 5.32 Å². The first kappa shape index (κ1) is 15.8. The van der Waals surface area contributed by atoms with E-state index in [1.807, 2.05) is 0 Å². The molecule has 0 radical (unpaired) electrons. The van der Waals surface area contributed by atoms with Crippen LogP contribution in [0.25, 0.3) is 0 Å². The Kier molecular flexibility index (Phi) is 6.71. The van der Waals surface area contributed by atoms with Crippen molar-refractivity contribution in [2.24, 2.45) is 11.7 Å². The number of nitrogens with one attached hydrogen (secondary N) is 1. The predicted octanol–water partition coefficient (Wildman–Crippen LogP) is -1.15. The van der Waals surface area contributed by atoms with Gasteiger partial charge in [0.2, 0.25) is 0 Å². The van der Waals surface area contributed by atoms with Crippen molar-refractivity contribution < 1.29 is 24.9 Å². The Labute approximate surface area is 99.6 Å². The van der Waals surface area contributed by atoms with Gasteiger partial charge in [-0.3, -0.25) is 9.59 Å². The second-order valence-corrected chi connectivity index (χ2v) is 4.30. The highest BCUT2D eigenvalue weighted by Crippen LogP contribution is 2.05. The predicted molar refractivity (Wildman–Crippen MR) is 60.5 cm³/mol. The van der Waals surface area contributed by atoms with Gasteiger partial charge in [-0.1, -0.05) is 13.8 Å². The van der Waals surface area contributed by atoms with Crippen LogP contribution in [-0.4, -0.2) is 52.0 Å². The molecular formula is C10H20N2O5. The number of carboxylic acid groups (broad SMARTS) is 2. The van der Waals surface area contributed by atoms with E-state index in [1.54, 1.807) is 13.8 Å². The van der Waals surface area contributed by atoms with E-state index in [1.165, 1.54) is 0 Å². The van der Waals surface area contributed by atoms with Crippen LogP contribution in [-0.2, 0) is 9.59 Å². The van der Waals surface area contributed by atoms with E-state index in [0.29, 0.717) is 13.0 Å². The Bertz CT molecular complexity index is 269. The molecule has 17 heavy (non-hydrogen) atoms. The Morgan fingerprint density at radius 2 is 1.88 bits per heavy atom. The minimum absolute atomic E-state index is 0.0208. The molecule has 100 valence electrons. The summed E-state index contributed by atoms with van der Waals surface area (Å²) in [6.45, 7) is 3.95. The van der Waals surface area contributed by atoms with Crippen LogP contribution in [0.4, 0.5) is 0 Å². The molecule has 1 aliphatic heterocycles. The minimum Gasteiger partial charge on any atom is -0.480 e. The first-order valence-electron chi connectivity index (χ1n) is 5.38. The van der Waals surface area contributed by atoms with Crippen LogP contribution in [0.15, 0.2) is 0 Å². The Hall–Kier alpha value is -1.18. The zero-order valence-corrected chi connectivity index (χ0v) is 9.96. The van der Waals surface area contributed by atoms with Crippen molar-refractivity contribution in [3.05, 3.63) is 0 Å². The lowest BCUT2D eigenvalue weighted by Crippen LogP contribution is -2.34. The van der Waals surface area contributed by atoms with Crippen molar-refractivity contribution in [2.45, 2.75) is 38.5 Å². The van der Waals surface area contributed by atoms with Gasteiger partial charge in [0.1, 0.15) is 12.1 Å². The second-order valence-electron chi connectivity index (χ2n) is 4.30. The molecular weight excluding hydrogens is 228 g/mol. The average Bonchev–Trinajstić information content (AvgIpc) is 2.64. The molecule has 0 aromatic carbocycles. The molecule has 0 amide bonds. The largest absolute Gasteiger partial charge is 0.480 e. The lowest BCUT2D eigenvalue weighted by atomic mass is 10.1. The van der Waals surface area contributed by atoms with E-state index in [-0.39, 0.29) is 5.92 Å². The molecule has 1 heterocycles. The summed E-state index contributed by atoms with van der Waals surface area (Å²) in [5.74, 6) is -1.79. The molecule has 0 bridgehead atoms. The number of aliphatic hydroxyl groups is 1. The van der Waals surface area contributed by atoms with Gasteiger partial charge >= 0.3 is 11.9 Å². The standard InChI is InChI=1S/C5H9NO3.C5H11NO2/c7-3-1-4(5(8)9)6-2-3;1-3(2)4(6)5(7)8/h3-4,6-7H,1-2H2,(H,8,9);3-4H,6H2,1-2H3,(H,7,8)/t3-,4+;4-/m10/s1. The van der Waals surface area contributed by atoms with Crippen molar-refractivity contribution in [3.8, 4) is 0 Å². The molecule has 0 unspecified atom stereocenters. The topological polar surface area (TPSA) is 133 Å². The summed E-state index contributed by atoms with van der Waals surface area (Å²) >= 11 is 0. The number of hydrogen-bond donors (Lipinski definition) is 5. The fourth-order valence-electron chi connectivity index (χ4n) is 1.19. The smallest absolute Gasteiger partial charge is 0.320 e. The maximum atomic E-state index is 10.2. The number of rotatable bonds is 3. The van der Waals surface area contributed by atoms with Crippen LogP contribution in [0.5, 0.6) is 0 Å². The molecule has 1 fully saturated rings. The number of aliphatic hydroxyl groups excluding tert-OH is 1. The van der Waals surface area contributed by atoms with Gasteiger partial charge in [0.05, 0.1) is 6.10 Å². The lowest BCUT2D eigenvalue weighted by Gasteiger charge is -2.07. The van der Waals surface area contributed by atoms with Gasteiger partial charge in [-0.2, -0.15) is 0 Å². The third-order valence-electron chi connectivity index (χ3n) is 2.41. The number of carboxylic acids is 2. The molecule has 6 N–H and O–H groups in total. The Morgan fingerprint density at radius 3 is 2.00 bits per heavy atom. The highest BCUT2D eigenvalue weighted by atomic mass is 16.4. The molecule has 1 saturated heterocycles. The molecule has 0 aromatic heterocycles. The van der Waals surface area contributed by atoms with E-state index in [0.717, 1.165) is 0 Å². The van der Waals surface area contributed by atoms with Gasteiger partial charge < -0.3 is 26.4 Å². The summed E-state index contributed by atoms with van der Waals surface area (Å²) < 4.78 is 0. The van der Waals surface area contributed by atoms with Gasteiger partial charge in [-0.15, -0.1) is 0 Å². The monoisotopic (exact) mass is 248 g/mol. The first-order chi connectivity index (χ1) is 7.75. The van der Waals surface area contributed by atoms with Crippen LogP contribution in [0, 0.1) is 5.92 Å². The number of carbonyl (C=O) groups is 2. The molecule has 1 aliphatic rings. The fourth-order valence-corrected chi connectivity index (χ4v) is 1.19. The summed E-state index contributed by atoms with van der Waals surface area (Å²) in [5.41, 5.74) is 5.16. The van der Waals surface area contributed by atoms with Gasteiger partial charge in [-0.25, -0.2) is 0 Å². The van der Waals surface area contributed by atoms with E-state index < -0.39 is 30.1 Å². The van der Waals surface area contributed by atoms with E-state index in [4.69, 9.17) is 21.1 Å². The molecule has 1 rings (SSSR count). The van der Waals surface area contributed by atoms with Crippen LogP contribution in [0.1, 0.15) is 20.3 Å². The quantitative estimate of drug-likeness (QED) is 0.426. The SMILES string of the molecule is CC(C)[C@H](N)C(=O)O.O=C(O)[C@@H]1C[C@@H](O)CN1. The molecule has 3 atom stereocenters. The van der Waals surface area contributed by atoms with Gasteiger partial charge in [0, 0.05) is 13.0 Å². The van der Waals surface area contributed by atoms with Crippen molar-refractivity contribution in [2.75, 3.05) is 6.54 Å². The molecule has 0 aliphatic carbocycles. The molecule has 7 nitrogen and oxygen atoms in total. The second kappa shape index (κ2) is 7.21. The maximum Gasteiger partial charge on any atom is 0.320 e. The summed E-state index contributed by atoms with van der Waals surface area (Å²) in [6, 6.07) is -1.25. The maximum absolute atomic E-state index is 10.2. The van der Waals surface area contributed by atoms with Gasteiger partial charge in [-0.05, 0) is 5.92 Å². The van der Waals surface area contributed by atoms with Crippen LogP contribution >= 0.6 is 0 Å². The summed E-state index contributed by atoms with van der Waals surface area (Å²) in [6.07, 6.45) is -0.152. The number of nitrogens with two attached hydrogens (primary N) is 1. The normalized spacial score (nSPS) is 25.0. The van der Waals surface area contributed by atoms with E-state index >= 15 is 0 Å². The number of aliphatic carboxylic acids is 2. The molecule has 0 aromatic rings. The summed E-state index contributed by atoms with van der Waals surface area (Å²) in [4.78, 5) is 20.2. The van der Waals surface area contributed by atoms with Crippen molar-refractivity contribution in [3.63, 3.8) is 0 Å². The van der Waals surface area contributed by atoms with Gasteiger partial charge in [0.25, 0.3) is 0 Å². The van der Waals surface area contributed by atoms with Crippen LogP contribution < -0.4 is 11.1 Å². The average molecular weight is 248 g/mol. The third-order valence-corrected chi connectivity index (χ3v) is 2.41. The highest BCUT2D eigenvalue weighted by Gasteiger charge is 2.27. The zero-order chi connectivity index (χ0) is 13.6. The summed E-state index contributed by atoms with van der Waals surface area (Å²) in [5, 5.41) is 28.1. The fraction of sp³-hybridized carbons (Fsp3) is 0.800. The first-order valence-corrected chi connectivity index (χ1v) is 5.38. The molecule has 0 spiro atoms. The minimum atomic E-state index is -0.931. The number of hydrogen-bond acceptors (Lipinski definition) is 5. The van der Waals surface area contributed by atoms with Crippen molar-refractivity contribution in [1.29, 1.82) is 0 Å². The van der Waals surface area contributed by atoms with Crippen molar-refractivity contribution >= 4 is 11.9 Å². The molecule has 7 heteroatoms. The van der Waals surface area contributed by atoms with Gasteiger partial charge in [0.15, 0.2) is 0 Å².